The van der Waals surface area contributed by atoms with Crippen molar-refractivity contribution in [3.05, 3.63) is 0 Å². The molecule has 1 rings (SSSR count). The van der Waals surface area contributed by atoms with Gasteiger partial charge >= 0.3 is 5.97 Å². The van der Waals surface area contributed by atoms with Crippen LogP contribution in [0.25, 0.3) is 0 Å². The van der Waals surface area contributed by atoms with Gasteiger partial charge in [-0.2, -0.15) is 0 Å². The van der Waals surface area contributed by atoms with Gasteiger partial charge in [0, 0.05) is 13.0 Å². The number of aliphatic imine (C=N–C) groups is 1. The number of aliphatic carboxylic acids is 1. The van der Waals surface area contributed by atoms with Crippen molar-refractivity contribution in [3.8, 4) is 0 Å². The van der Waals surface area contributed by atoms with Crippen molar-refractivity contribution in [2.24, 2.45) is 4.99 Å². The normalized spacial score (nSPS) is 14.1. The largest absolute Gasteiger partial charge is 0.480 e. The van der Waals surface area contributed by atoms with Gasteiger partial charge in [-0.15, -0.1) is 0 Å². The smallest absolute Gasteiger partial charge is 0.323 e. The van der Waals surface area contributed by atoms with Crippen LogP contribution in [-0.2, 0) is 4.79 Å². The van der Waals surface area contributed by atoms with Crippen LogP contribution in [-0.4, -0.2) is 41.4 Å². The molecule has 0 saturated carbocycles. The molecule has 0 aliphatic carbocycles. The zero-order chi connectivity index (χ0) is 18.2. The lowest BCUT2D eigenvalue weighted by atomic mass is 10.0. The number of unbranched alkanes of at least 4 members (excludes halogenated alkanes) is 13. The molecule has 1 aliphatic rings. The third kappa shape index (κ3) is 12.0. The van der Waals surface area contributed by atoms with Gasteiger partial charge in [0.1, 0.15) is 6.54 Å². The predicted octanol–water partition coefficient (Wildman–Crippen LogP) is 5.66. The molecule has 0 unspecified atom stereocenters. The van der Waals surface area contributed by atoms with Crippen LogP contribution in [0.5, 0.6) is 0 Å². The molecule has 0 aromatic rings. The van der Waals surface area contributed by atoms with Crippen LogP contribution in [0.4, 0.5) is 0 Å². The summed E-state index contributed by atoms with van der Waals surface area (Å²) >= 11 is 0. The quantitative estimate of drug-likeness (QED) is 0.344. The molecule has 0 bridgehead atoms. The van der Waals surface area contributed by atoms with E-state index in [9.17, 15) is 4.79 Å². The molecule has 146 valence electrons. The Bertz CT molecular complexity index is 369. The molecular weight excluding hydrogens is 312 g/mol. The van der Waals surface area contributed by atoms with Crippen LogP contribution in [0.1, 0.15) is 103 Å². The van der Waals surface area contributed by atoms with E-state index in [4.69, 9.17) is 5.11 Å². The standard InChI is InChI=1S/C21H40N2O2/c1-2-3-4-5-6-7-8-9-10-11-12-13-14-15-16-20-22-17-18-23(20)19-21(24)25/h2-19H2,1H3,(H,24,25). The number of carboxylic acid groups (broad SMARTS) is 1. The Balaban J connectivity index is 1.82. The van der Waals surface area contributed by atoms with Crippen molar-refractivity contribution >= 4 is 11.8 Å². The fourth-order valence-electron chi connectivity index (χ4n) is 3.58. The van der Waals surface area contributed by atoms with Gasteiger partial charge in [-0.05, 0) is 6.42 Å². The van der Waals surface area contributed by atoms with E-state index >= 15 is 0 Å². The summed E-state index contributed by atoms with van der Waals surface area (Å²) in [6.07, 6.45) is 20.1. The van der Waals surface area contributed by atoms with E-state index in [0.29, 0.717) is 0 Å². The highest BCUT2D eigenvalue weighted by molar-refractivity contribution is 5.86. The highest BCUT2D eigenvalue weighted by Gasteiger charge is 2.18. The summed E-state index contributed by atoms with van der Waals surface area (Å²) in [6.45, 7) is 3.93. The summed E-state index contributed by atoms with van der Waals surface area (Å²) in [7, 11) is 0. The van der Waals surface area contributed by atoms with Crippen LogP contribution >= 0.6 is 0 Å². The van der Waals surface area contributed by atoms with Crippen molar-refractivity contribution in [1.29, 1.82) is 0 Å². The summed E-state index contributed by atoms with van der Waals surface area (Å²) in [5.74, 6) is 0.261. The number of carbonyl (C=O) groups is 1. The fourth-order valence-corrected chi connectivity index (χ4v) is 3.58. The van der Waals surface area contributed by atoms with Crippen LogP contribution < -0.4 is 0 Å². The molecular formula is C21H40N2O2. The molecule has 0 radical (unpaired) electrons. The maximum Gasteiger partial charge on any atom is 0.323 e. The first-order valence-electron chi connectivity index (χ1n) is 10.7. The zero-order valence-electron chi connectivity index (χ0n) is 16.5. The van der Waals surface area contributed by atoms with Gasteiger partial charge in [-0.1, -0.05) is 90.4 Å². The fraction of sp³-hybridized carbons (Fsp3) is 0.905. The summed E-state index contributed by atoms with van der Waals surface area (Å²) in [5.41, 5.74) is 0. The molecule has 0 saturated heterocycles. The average Bonchev–Trinajstić information content (AvgIpc) is 3.01. The second-order valence-corrected chi connectivity index (χ2v) is 7.46. The Kier molecular flexibility index (Phi) is 13.4. The summed E-state index contributed by atoms with van der Waals surface area (Å²) in [6, 6.07) is 0. The molecule has 0 aromatic heterocycles. The predicted molar refractivity (Wildman–Crippen MR) is 106 cm³/mol. The minimum Gasteiger partial charge on any atom is -0.480 e. The zero-order valence-corrected chi connectivity index (χ0v) is 16.5. The third-order valence-corrected chi connectivity index (χ3v) is 5.11. The van der Waals surface area contributed by atoms with Gasteiger partial charge in [0.25, 0.3) is 0 Å². The van der Waals surface area contributed by atoms with Gasteiger partial charge in [0.15, 0.2) is 0 Å². The van der Waals surface area contributed by atoms with Gasteiger partial charge in [0.05, 0.1) is 12.4 Å². The first-order chi connectivity index (χ1) is 12.2. The van der Waals surface area contributed by atoms with Crippen molar-refractivity contribution in [2.45, 2.75) is 103 Å². The maximum atomic E-state index is 10.8. The van der Waals surface area contributed by atoms with E-state index in [2.05, 4.69) is 11.9 Å². The molecule has 1 N–H and O–H groups in total. The number of amidine groups is 1. The average molecular weight is 353 g/mol. The highest BCUT2D eigenvalue weighted by atomic mass is 16.4. The molecule has 1 aliphatic heterocycles. The lowest BCUT2D eigenvalue weighted by Gasteiger charge is -2.17. The molecule has 1 heterocycles. The van der Waals surface area contributed by atoms with Crippen molar-refractivity contribution in [2.75, 3.05) is 19.6 Å². The first kappa shape index (κ1) is 22.0. The molecule has 25 heavy (non-hydrogen) atoms. The van der Waals surface area contributed by atoms with E-state index in [1.165, 1.54) is 83.5 Å². The molecule has 4 nitrogen and oxygen atoms in total. The van der Waals surface area contributed by atoms with Gasteiger partial charge < -0.3 is 10.0 Å². The van der Waals surface area contributed by atoms with Crippen molar-refractivity contribution in [3.63, 3.8) is 0 Å². The molecule has 0 fully saturated rings. The maximum absolute atomic E-state index is 10.8. The van der Waals surface area contributed by atoms with Crippen LogP contribution in [0.2, 0.25) is 0 Å². The Hall–Kier alpha value is -1.06. The summed E-state index contributed by atoms with van der Waals surface area (Å²) in [5, 5.41) is 8.89. The Morgan fingerprint density at radius 3 is 1.84 bits per heavy atom. The minimum atomic E-state index is -0.754. The van der Waals surface area contributed by atoms with Crippen molar-refractivity contribution in [1.82, 2.24) is 4.90 Å². The van der Waals surface area contributed by atoms with Crippen LogP contribution in [0.3, 0.4) is 0 Å². The monoisotopic (exact) mass is 352 g/mol. The second-order valence-electron chi connectivity index (χ2n) is 7.46. The third-order valence-electron chi connectivity index (χ3n) is 5.11. The molecule has 0 atom stereocenters. The van der Waals surface area contributed by atoms with E-state index in [0.717, 1.165) is 31.8 Å². The van der Waals surface area contributed by atoms with Gasteiger partial charge in [-0.25, -0.2) is 0 Å². The minimum absolute atomic E-state index is 0.109. The number of rotatable bonds is 17. The van der Waals surface area contributed by atoms with Gasteiger partial charge in [-0.3, -0.25) is 9.79 Å². The summed E-state index contributed by atoms with van der Waals surface area (Å²) in [4.78, 5) is 17.2. The number of nitrogens with zero attached hydrogens (tertiary/aromatic N) is 2. The Morgan fingerprint density at radius 2 is 1.36 bits per heavy atom. The number of carboxylic acids is 1. The van der Waals surface area contributed by atoms with E-state index in [-0.39, 0.29) is 6.54 Å². The lowest BCUT2D eigenvalue weighted by molar-refractivity contribution is -0.137. The van der Waals surface area contributed by atoms with E-state index in [1.807, 2.05) is 4.90 Å². The Labute approximate surface area is 155 Å². The molecule has 0 amide bonds. The SMILES string of the molecule is CCCCCCCCCCCCCCCCC1=NCCN1CC(=O)O. The summed E-state index contributed by atoms with van der Waals surface area (Å²) < 4.78 is 0. The van der Waals surface area contributed by atoms with E-state index in [1.54, 1.807) is 0 Å². The second kappa shape index (κ2) is 15.2. The van der Waals surface area contributed by atoms with Gasteiger partial charge in [0.2, 0.25) is 0 Å². The molecule has 0 spiro atoms. The highest BCUT2D eigenvalue weighted by Crippen LogP contribution is 2.14. The van der Waals surface area contributed by atoms with Crippen LogP contribution in [0, 0.1) is 0 Å². The first-order valence-corrected chi connectivity index (χ1v) is 10.7. The van der Waals surface area contributed by atoms with Crippen molar-refractivity contribution < 1.29 is 9.90 Å². The topological polar surface area (TPSA) is 52.9 Å². The lowest BCUT2D eigenvalue weighted by Crippen LogP contribution is -2.32. The van der Waals surface area contributed by atoms with Crippen LogP contribution in [0.15, 0.2) is 4.99 Å². The Morgan fingerprint density at radius 1 is 0.880 bits per heavy atom. The van der Waals surface area contributed by atoms with E-state index < -0.39 is 5.97 Å². The molecule has 4 heteroatoms. The number of hydrogen-bond donors (Lipinski definition) is 1. The molecule has 0 aromatic carbocycles. The number of hydrogen-bond acceptors (Lipinski definition) is 3.